The smallest absolute Gasteiger partial charge is 0.248 e. The van der Waals surface area contributed by atoms with E-state index in [0.717, 1.165) is 31.5 Å². The van der Waals surface area contributed by atoms with Crippen LogP contribution in [0.4, 0.5) is 11.4 Å². The fraction of sp³-hybridized carbons (Fsp3) is 0.385. The molecule has 0 saturated carbocycles. The average molecular weight is 262 g/mol. The van der Waals surface area contributed by atoms with Gasteiger partial charge in [0.2, 0.25) is 11.8 Å². The zero-order valence-corrected chi connectivity index (χ0v) is 10.6. The second kappa shape index (κ2) is 5.17. The Morgan fingerprint density at radius 3 is 2.53 bits per heavy atom. The van der Waals surface area contributed by atoms with Crippen molar-refractivity contribution in [2.75, 3.05) is 17.2 Å². The summed E-state index contributed by atoms with van der Waals surface area (Å²) in [5.41, 5.74) is 18.1. The van der Waals surface area contributed by atoms with Crippen molar-refractivity contribution in [1.82, 2.24) is 0 Å². The molecule has 19 heavy (non-hydrogen) atoms. The number of anilines is 2. The van der Waals surface area contributed by atoms with Gasteiger partial charge in [-0.3, -0.25) is 9.59 Å². The fourth-order valence-electron chi connectivity index (χ4n) is 2.49. The summed E-state index contributed by atoms with van der Waals surface area (Å²) in [6, 6.07) is 4.53. The number of nitrogens with zero attached hydrogens (tertiary/aromatic N) is 1. The van der Waals surface area contributed by atoms with Gasteiger partial charge in [-0.25, -0.2) is 0 Å². The summed E-state index contributed by atoms with van der Waals surface area (Å²) >= 11 is 0. The second-order valence-corrected chi connectivity index (χ2v) is 4.75. The van der Waals surface area contributed by atoms with Crippen LogP contribution in [0.3, 0.4) is 0 Å². The first-order valence-electron chi connectivity index (χ1n) is 6.26. The Morgan fingerprint density at radius 2 is 1.95 bits per heavy atom. The molecule has 1 atom stereocenters. The van der Waals surface area contributed by atoms with E-state index < -0.39 is 5.91 Å². The van der Waals surface area contributed by atoms with E-state index in [1.165, 1.54) is 6.07 Å². The first-order valence-corrected chi connectivity index (χ1v) is 6.26. The molecule has 0 bridgehead atoms. The SMILES string of the molecule is NC(=O)c1ccc(N2CCCCC2C(N)=O)c(N)c1. The number of rotatable bonds is 3. The highest BCUT2D eigenvalue weighted by atomic mass is 16.1. The van der Waals surface area contributed by atoms with Gasteiger partial charge in [0.15, 0.2) is 0 Å². The third-order valence-electron chi connectivity index (χ3n) is 3.45. The second-order valence-electron chi connectivity index (χ2n) is 4.75. The summed E-state index contributed by atoms with van der Waals surface area (Å²) in [6.45, 7) is 0.730. The van der Waals surface area contributed by atoms with Gasteiger partial charge in [0.1, 0.15) is 6.04 Å². The van der Waals surface area contributed by atoms with Gasteiger partial charge in [-0.2, -0.15) is 0 Å². The minimum absolute atomic E-state index is 0.338. The lowest BCUT2D eigenvalue weighted by Crippen LogP contribution is -2.48. The van der Waals surface area contributed by atoms with Gasteiger partial charge in [-0.05, 0) is 37.5 Å². The lowest BCUT2D eigenvalue weighted by Gasteiger charge is -2.36. The van der Waals surface area contributed by atoms with E-state index >= 15 is 0 Å². The molecule has 1 fully saturated rings. The van der Waals surface area contributed by atoms with Crippen molar-refractivity contribution in [1.29, 1.82) is 0 Å². The van der Waals surface area contributed by atoms with Gasteiger partial charge < -0.3 is 22.1 Å². The number of primary amides is 2. The van der Waals surface area contributed by atoms with Crippen molar-refractivity contribution in [3.05, 3.63) is 23.8 Å². The number of piperidine rings is 1. The molecule has 1 aliphatic heterocycles. The van der Waals surface area contributed by atoms with Crippen LogP contribution in [0.1, 0.15) is 29.6 Å². The first kappa shape index (κ1) is 13.2. The maximum atomic E-state index is 11.5. The van der Waals surface area contributed by atoms with Crippen LogP contribution in [0.5, 0.6) is 0 Å². The molecule has 6 heteroatoms. The van der Waals surface area contributed by atoms with E-state index in [9.17, 15) is 9.59 Å². The molecule has 0 spiro atoms. The topological polar surface area (TPSA) is 115 Å². The van der Waals surface area contributed by atoms with Crippen LogP contribution in [-0.4, -0.2) is 24.4 Å². The van der Waals surface area contributed by atoms with E-state index in [4.69, 9.17) is 17.2 Å². The van der Waals surface area contributed by atoms with Crippen LogP contribution in [0.15, 0.2) is 18.2 Å². The van der Waals surface area contributed by atoms with E-state index in [1.54, 1.807) is 12.1 Å². The van der Waals surface area contributed by atoms with E-state index in [1.807, 2.05) is 4.90 Å². The average Bonchev–Trinajstić information content (AvgIpc) is 2.38. The Labute approximate surface area is 111 Å². The van der Waals surface area contributed by atoms with Crippen molar-refractivity contribution in [3.8, 4) is 0 Å². The Morgan fingerprint density at radius 1 is 1.21 bits per heavy atom. The highest BCUT2D eigenvalue weighted by molar-refractivity contribution is 5.95. The molecule has 1 heterocycles. The Bertz CT molecular complexity index is 515. The largest absolute Gasteiger partial charge is 0.397 e. The summed E-state index contributed by atoms with van der Waals surface area (Å²) < 4.78 is 0. The summed E-state index contributed by atoms with van der Waals surface area (Å²) in [4.78, 5) is 24.5. The summed E-state index contributed by atoms with van der Waals surface area (Å²) in [7, 11) is 0. The molecule has 1 aromatic carbocycles. The summed E-state index contributed by atoms with van der Waals surface area (Å²) in [5.74, 6) is -0.874. The van der Waals surface area contributed by atoms with Crippen LogP contribution in [0.2, 0.25) is 0 Å². The summed E-state index contributed by atoms with van der Waals surface area (Å²) in [6.07, 6.45) is 2.69. The van der Waals surface area contributed by atoms with E-state index in [2.05, 4.69) is 0 Å². The third-order valence-corrected chi connectivity index (χ3v) is 3.45. The number of carbonyl (C=O) groups excluding carboxylic acids is 2. The molecule has 1 aliphatic rings. The van der Waals surface area contributed by atoms with Gasteiger partial charge in [0.25, 0.3) is 0 Å². The predicted molar refractivity (Wildman–Crippen MR) is 73.6 cm³/mol. The lowest BCUT2D eigenvalue weighted by molar-refractivity contribution is -0.119. The number of nitrogen functional groups attached to an aromatic ring is 1. The molecule has 0 aromatic heterocycles. The molecule has 1 saturated heterocycles. The number of hydrogen-bond donors (Lipinski definition) is 3. The minimum atomic E-state index is -0.525. The monoisotopic (exact) mass is 262 g/mol. The van der Waals surface area contributed by atoms with Gasteiger partial charge in [-0.1, -0.05) is 0 Å². The highest BCUT2D eigenvalue weighted by Gasteiger charge is 2.28. The van der Waals surface area contributed by atoms with Gasteiger partial charge in [0, 0.05) is 12.1 Å². The highest BCUT2D eigenvalue weighted by Crippen LogP contribution is 2.30. The molecule has 1 aromatic rings. The molecule has 6 nitrogen and oxygen atoms in total. The zero-order chi connectivity index (χ0) is 14.0. The standard InChI is InChI=1S/C13H18N4O2/c14-9-7-8(12(15)18)4-5-10(9)17-6-2-1-3-11(17)13(16)19/h4-5,7,11H,1-3,6,14H2,(H2,15,18)(H2,16,19). The zero-order valence-electron chi connectivity index (χ0n) is 10.6. The molecule has 2 amide bonds. The predicted octanol–water partition coefficient (Wildman–Crippen LogP) is 0.212. The lowest BCUT2D eigenvalue weighted by atomic mass is 10.00. The normalized spacial score (nSPS) is 19.2. The maximum Gasteiger partial charge on any atom is 0.248 e. The minimum Gasteiger partial charge on any atom is -0.397 e. The number of nitrogens with two attached hydrogens (primary N) is 3. The van der Waals surface area contributed by atoms with E-state index in [0.29, 0.717) is 11.3 Å². The molecule has 0 aliphatic carbocycles. The van der Waals surface area contributed by atoms with Crippen LogP contribution < -0.4 is 22.1 Å². The number of benzene rings is 1. The number of carbonyl (C=O) groups is 2. The molecule has 0 radical (unpaired) electrons. The van der Waals surface area contributed by atoms with Gasteiger partial charge >= 0.3 is 0 Å². The van der Waals surface area contributed by atoms with Crippen LogP contribution in [0, 0.1) is 0 Å². The molecular weight excluding hydrogens is 244 g/mol. The molecule has 102 valence electrons. The molecule has 1 unspecified atom stereocenters. The van der Waals surface area contributed by atoms with Crippen LogP contribution in [0.25, 0.3) is 0 Å². The van der Waals surface area contributed by atoms with Gasteiger partial charge in [-0.15, -0.1) is 0 Å². The van der Waals surface area contributed by atoms with Crippen molar-refractivity contribution in [2.24, 2.45) is 11.5 Å². The van der Waals surface area contributed by atoms with Crippen molar-refractivity contribution < 1.29 is 9.59 Å². The quantitative estimate of drug-likeness (QED) is 0.675. The van der Waals surface area contributed by atoms with Crippen LogP contribution in [-0.2, 0) is 4.79 Å². The third kappa shape index (κ3) is 2.62. The fourth-order valence-corrected chi connectivity index (χ4v) is 2.49. The first-order chi connectivity index (χ1) is 9.00. The van der Waals surface area contributed by atoms with Crippen LogP contribution >= 0.6 is 0 Å². The van der Waals surface area contributed by atoms with E-state index in [-0.39, 0.29) is 11.9 Å². The molecule has 2 rings (SSSR count). The number of amides is 2. The Kier molecular flexibility index (Phi) is 3.59. The molecular formula is C13H18N4O2. The Balaban J connectivity index is 2.34. The molecule has 6 N–H and O–H groups in total. The number of hydrogen-bond acceptors (Lipinski definition) is 4. The maximum absolute atomic E-state index is 11.5. The van der Waals surface area contributed by atoms with Gasteiger partial charge in [0.05, 0.1) is 11.4 Å². The van der Waals surface area contributed by atoms with Crippen molar-refractivity contribution in [3.63, 3.8) is 0 Å². The van der Waals surface area contributed by atoms with Crippen molar-refractivity contribution in [2.45, 2.75) is 25.3 Å². The van der Waals surface area contributed by atoms with Crippen molar-refractivity contribution >= 4 is 23.2 Å². The Hall–Kier alpha value is -2.24. The summed E-state index contributed by atoms with van der Waals surface area (Å²) in [5, 5.41) is 0.